The van der Waals surface area contributed by atoms with E-state index in [0.29, 0.717) is 16.4 Å². The Morgan fingerprint density at radius 1 is 1.04 bits per heavy atom. The van der Waals surface area contributed by atoms with E-state index in [1.54, 1.807) is 6.07 Å². The molecule has 0 amide bonds. The number of carbonyl (C=O) groups excluding carboxylic acids is 1. The van der Waals surface area contributed by atoms with Crippen LogP contribution in [0.15, 0.2) is 60.7 Å². The summed E-state index contributed by atoms with van der Waals surface area (Å²) in [6.07, 6.45) is 0. The molecule has 0 atom stereocenters. The number of pyridine rings is 1. The van der Waals surface area contributed by atoms with Crippen LogP contribution in [0.1, 0.15) is 5.56 Å². The lowest BCUT2D eigenvalue weighted by Crippen LogP contribution is -2.15. The van der Waals surface area contributed by atoms with Crippen molar-refractivity contribution < 1.29 is 14.3 Å². The monoisotopic (exact) mass is 327 g/mol. The molecular weight excluding hydrogens is 314 g/mol. The van der Waals surface area contributed by atoms with Gasteiger partial charge in [-0.3, -0.25) is 0 Å². The highest BCUT2D eigenvalue weighted by atomic mass is 35.5. The summed E-state index contributed by atoms with van der Waals surface area (Å²) in [5.74, 6) is 0.0723. The minimum absolute atomic E-state index is 0.183. The maximum absolute atomic E-state index is 11.8. The number of ether oxygens (including phenoxy) is 2. The van der Waals surface area contributed by atoms with Gasteiger partial charge in [0.15, 0.2) is 6.61 Å². The number of nitrogens with zero attached hydrogens (tertiary/aromatic N) is 1. The molecule has 0 unspecified atom stereocenters. The van der Waals surface area contributed by atoms with Crippen molar-refractivity contribution in [2.75, 3.05) is 6.61 Å². The molecule has 0 saturated heterocycles. The molecular formula is C18H14ClNO3. The van der Waals surface area contributed by atoms with Crippen molar-refractivity contribution in [3.05, 3.63) is 71.4 Å². The first-order chi connectivity index (χ1) is 11.2. The van der Waals surface area contributed by atoms with E-state index in [1.807, 2.05) is 54.6 Å². The minimum atomic E-state index is -0.439. The highest BCUT2D eigenvalue weighted by Crippen LogP contribution is 2.27. The van der Waals surface area contributed by atoms with E-state index in [-0.39, 0.29) is 13.2 Å². The van der Waals surface area contributed by atoms with E-state index in [4.69, 9.17) is 21.1 Å². The molecule has 1 heterocycles. The second-order valence-electron chi connectivity index (χ2n) is 4.90. The quantitative estimate of drug-likeness (QED) is 0.525. The zero-order valence-corrected chi connectivity index (χ0v) is 13.0. The molecule has 0 aliphatic rings. The SMILES string of the molecule is O=C(COc1cc(Cl)nc2ccccc12)OCc1ccccc1. The fraction of sp³-hybridized carbons (Fsp3) is 0.111. The van der Waals surface area contributed by atoms with Crippen LogP contribution in [0, 0.1) is 0 Å². The van der Waals surface area contributed by atoms with Gasteiger partial charge < -0.3 is 9.47 Å². The van der Waals surface area contributed by atoms with Crippen LogP contribution in [0.5, 0.6) is 5.75 Å². The van der Waals surface area contributed by atoms with Crippen LogP contribution in [-0.2, 0) is 16.1 Å². The first kappa shape index (κ1) is 15.3. The van der Waals surface area contributed by atoms with E-state index < -0.39 is 5.97 Å². The molecule has 0 aliphatic carbocycles. The number of benzene rings is 2. The summed E-state index contributed by atoms with van der Waals surface area (Å²) in [5.41, 5.74) is 1.64. The molecule has 3 aromatic rings. The first-order valence-electron chi connectivity index (χ1n) is 7.10. The number of hydrogen-bond donors (Lipinski definition) is 0. The van der Waals surface area contributed by atoms with E-state index in [0.717, 1.165) is 10.9 Å². The Morgan fingerprint density at radius 3 is 2.61 bits per heavy atom. The molecule has 0 N–H and O–H groups in total. The van der Waals surface area contributed by atoms with Crippen LogP contribution in [0.25, 0.3) is 10.9 Å². The van der Waals surface area contributed by atoms with Crippen LogP contribution in [0.3, 0.4) is 0 Å². The Hall–Kier alpha value is -2.59. The van der Waals surface area contributed by atoms with E-state index >= 15 is 0 Å². The Bertz CT molecular complexity index is 821. The largest absolute Gasteiger partial charge is 0.481 e. The molecule has 2 aromatic carbocycles. The van der Waals surface area contributed by atoms with E-state index in [9.17, 15) is 4.79 Å². The molecule has 0 fully saturated rings. The van der Waals surface area contributed by atoms with Gasteiger partial charge in [-0.2, -0.15) is 0 Å². The normalized spacial score (nSPS) is 10.5. The third-order valence-corrected chi connectivity index (χ3v) is 3.43. The van der Waals surface area contributed by atoms with Crippen LogP contribution in [0.2, 0.25) is 5.15 Å². The maximum Gasteiger partial charge on any atom is 0.344 e. The average Bonchev–Trinajstić information content (AvgIpc) is 2.58. The lowest BCUT2D eigenvalue weighted by molar-refractivity contribution is -0.147. The number of para-hydroxylation sites is 1. The van der Waals surface area contributed by atoms with Crippen LogP contribution < -0.4 is 4.74 Å². The third-order valence-electron chi connectivity index (χ3n) is 3.24. The van der Waals surface area contributed by atoms with Gasteiger partial charge in [0.25, 0.3) is 0 Å². The number of rotatable bonds is 5. The molecule has 0 radical (unpaired) electrons. The van der Waals surface area contributed by atoms with Gasteiger partial charge >= 0.3 is 5.97 Å². The molecule has 0 saturated carbocycles. The molecule has 0 aliphatic heterocycles. The van der Waals surface area contributed by atoms with Crippen molar-refractivity contribution in [2.45, 2.75) is 6.61 Å². The predicted molar refractivity (Wildman–Crippen MR) is 88.5 cm³/mol. The molecule has 116 valence electrons. The van der Waals surface area contributed by atoms with Gasteiger partial charge in [0.2, 0.25) is 0 Å². The second kappa shape index (κ2) is 7.11. The van der Waals surface area contributed by atoms with Gasteiger partial charge in [-0.15, -0.1) is 0 Å². The van der Waals surface area contributed by atoms with Gasteiger partial charge in [-0.1, -0.05) is 54.1 Å². The van der Waals surface area contributed by atoms with Gasteiger partial charge in [0.1, 0.15) is 17.5 Å². The molecule has 4 nitrogen and oxygen atoms in total. The van der Waals surface area contributed by atoms with Crippen molar-refractivity contribution in [3.8, 4) is 5.75 Å². The zero-order chi connectivity index (χ0) is 16.1. The minimum Gasteiger partial charge on any atom is -0.481 e. The average molecular weight is 328 g/mol. The number of esters is 1. The standard InChI is InChI=1S/C18H14ClNO3/c19-17-10-16(14-8-4-5-9-15(14)20-17)22-12-18(21)23-11-13-6-2-1-3-7-13/h1-10H,11-12H2. The highest BCUT2D eigenvalue weighted by molar-refractivity contribution is 6.30. The molecule has 0 bridgehead atoms. The zero-order valence-electron chi connectivity index (χ0n) is 12.2. The van der Waals surface area contributed by atoms with Crippen LogP contribution in [0.4, 0.5) is 0 Å². The number of fused-ring (bicyclic) bond motifs is 1. The van der Waals surface area contributed by atoms with Gasteiger partial charge in [-0.25, -0.2) is 9.78 Å². The summed E-state index contributed by atoms with van der Waals surface area (Å²) in [4.78, 5) is 16.0. The Labute approximate surface area is 138 Å². The van der Waals surface area contributed by atoms with Crippen molar-refractivity contribution >= 4 is 28.5 Å². The number of hydrogen-bond acceptors (Lipinski definition) is 4. The van der Waals surface area contributed by atoms with Gasteiger partial charge in [-0.05, 0) is 17.7 Å². The summed E-state index contributed by atoms with van der Waals surface area (Å²) < 4.78 is 10.7. The van der Waals surface area contributed by atoms with Crippen molar-refractivity contribution in [1.29, 1.82) is 0 Å². The first-order valence-corrected chi connectivity index (χ1v) is 7.48. The summed E-state index contributed by atoms with van der Waals surface area (Å²) in [6.45, 7) is 0.0397. The Balaban J connectivity index is 1.63. The van der Waals surface area contributed by atoms with Crippen molar-refractivity contribution in [1.82, 2.24) is 4.98 Å². The molecule has 23 heavy (non-hydrogen) atoms. The lowest BCUT2D eigenvalue weighted by Gasteiger charge is -2.09. The van der Waals surface area contributed by atoms with Gasteiger partial charge in [0, 0.05) is 11.5 Å². The smallest absolute Gasteiger partial charge is 0.344 e. The lowest BCUT2D eigenvalue weighted by atomic mass is 10.2. The molecule has 0 spiro atoms. The van der Waals surface area contributed by atoms with E-state index in [1.165, 1.54) is 0 Å². The summed E-state index contributed by atoms with van der Waals surface area (Å²) in [6, 6.07) is 18.5. The number of halogens is 1. The Morgan fingerprint density at radius 2 is 1.78 bits per heavy atom. The number of aromatic nitrogens is 1. The summed E-state index contributed by atoms with van der Waals surface area (Å²) in [7, 11) is 0. The molecule has 1 aromatic heterocycles. The number of carbonyl (C=O) groups is 1. The summed E-state index contributed by atoms with van der Waals surface area (Å²) in [5, 5.41) is 1.11. The van der Waals surface area contributed by atoms with Crippen molar-refractivity contribution in [3.63, 3.8) is 0 Å². The summed E-state index contributed by atoms with van der Waals surface area (Å²) >= 11 is 5.97. The predicted octanol–water partition coefficient (Wildman–Crippen LogP) is 4.01. The Kier molecular flexibility index (Phi) is 4.74. The highest BCUT2D eigenvalue weighted by Gasteiger charge is 2.09. The topological polar surface area (TPSA) is 48.4 Å². The van der Waals surface area contributed by atoms with Gasteiger partial charge in [0.05, 0.1) is 5.52 Å². The molecule has 3 rings (SSSR count). The van der Waals surface area contributed by atoms with Crippen LogP contribution in [-0.4, -0.2) is 17.6 Å². The van der Waals surface area contributed by atoms with Crippen LogP contribution >= 0.6 is 11.6 Å². The maximum atomic E-state index is 11.8. The fourth-order valence-electron chi connectivity index (χ4n) is 2.15. The van der Waals surface area contributed by atoms with E-state index in [2.05, 4.69) is 4.98 Å². The fourth-order valence-corrected chi connectivity index (χ4v) is 2.34. The third kappa shape index (κ3) is 3.99. The molecule has 5 heteroatoms. The van der Waals surface area contributed by atoms with Crippen molar-refractivity contribution in [2.24, 2.45) is 0 Å². The second-order valence-corrected chi connectivity index (χ2v) is 5.28.